The molecule has 2 aromatic carbocycles. The van der Waals surface area contributed by atoms with Gasteiger partial charge in [0.1, 0.15) is 0 Å². The molecule has 0 aliphatic rings. The highest BCUT2D eigenvalue weighted by molar-refractivity contribution is 8.93. The molecule has 0 spiro atoms. The van der Waals surface area contributed by atoms with E-state index in [1.807, 2.05) is 24.4 Å². The Morgan fingerprint density at radius 1 is 1.00 bits per heavy atom. The lowest BCUT2D eigenvalue weighted by molar-refractivity contribution is -0.686. The van der Waals surface area contributed by atoms with E-state index in [1.165, 1.54) is 5.56 Å². The summed E-state index contributed by atoms with van der Waals surface area (Å²) in [5.41, 5.74) is 3.70. The van der Waals surface area contributed by atoms with Crippen LogP contribution in [0.15, 0.2) is 61.1 Å². The normalized spacial score (nSPS) is 10.0. The van der Waals surface area contributed by atoms with Gasteiger partial charge in [-0.3, -0.25) is 4.79 Å². The summed E-state index contributed by atoms with van der Waals surface area (Å²) in [5.74, 6) is 1.11. The van der Waals surface area contributed by atoms with Crippen LogP contribution in [0.2, 0.25) is 0 Å². The molecule has 0 atom stereocenters. The minimum atomic E-state index is -0.0270. The number of nitrogens with zero attached hydrogens (tertiary/aromatic N) is 2. The van der Waals surface area contributed by atoms with E-state index in [0.717, 1.165) is 11.3 Å². The Balaban J connectivity index is 0.00000261. The molecule has 3 aromatic rings. The van der Waals surface area contributed by atoms with E-state index in [-0.39, 0.29) is 29.3 Å². The summed E-state index contributed by atoms with van der Waals surface area (Å²) in [4.78, 5) is 17.0. The number of ether oxygens (including phenoxy) is 2. The van der Waals surface area contributed by atoms with Gasteiger partial charge in [-0.1, -0.05) is 29.8 Å². The van der Waals surface area contributed by atoms with Gasteiger partial charge in [0.25, 0.3) is 6.33 Å². The highest BCUT2D eigenvalue weighted by Crippen LogP contribution is 2.27. The van der Waals surface area contributed by atoms with Crippen molar-refractivity contribution in [2.75, 3.05) is 14.2 Å². The maximum atomic E-state index is 12.5. The van der Waals surface area contributed by atoms with E-state index in [1.54, 1.807) is 43.3 Å². The van der Waals surface area contributed by atoms with Crippen LogP contribution in [0.25, 0.3) is 11.3 Å². The number of halogens is 1. The Kier molecular flexibility index (Phi) is 7.07. The molecule has 0 bridgehead atoms. The SMILES string of the molecule is Br.COc1ccc(C(=O)C[n+]2ccc(-c3ccc(C)cc3)nc2)cc1OC. The van der Waals surface area contributed by atoms with Crippen LogP contribution in [0, 0.1) is 6.92 Å². The number of methoxy groups -OCH3 is 2. The number of Topliss-reactive ketones (excluding diaryl/α,β-unsaturated/α-hetero) is 1. The highest BCUT2D eigenvalue weighted by Gasteiger charge is 2.14. The number of hydrogen-bond donors (Lipinski definition) is 0. The predicted molar refractivity (Wildman–Crippen MR) is 109 cm³/mol. The highest BCUT2D eigenvalue weighted by atomic mass is 79.9. The van der Waals surface area contributed by atoms with Crippen LogP contribution in [0.3, 0.4) is 0 Å². The van der Waals surface area contributed by atoms with Gasteiger partial charge in [-0.25, -0.2) is 4.57 Å². The van der Waals surface area contributed by atoms with Crippen molar-refractivity contribution in [3.05, 3.63) is 72.2 Å². The zero-order chi connectivity index (χ0) is 18.5. The first-order valence-corrected chi connectivity index (χ1v) is 8.28. The summed E-state index contributed by atoms with van der Waals surface area (Å²) in [6, 6.07) is 15.3. The van der Waals surface area contributed by atoms with Crippen LogP contribution < -0.4 is 14.0 Å². The second kappa shape index (κ2) is 9.28. The van der Waals surface area contributed by atoms with E-state index in [4.69, 9.17) is 9.47 Å². The fourth-order valence-corrected chi connectivity index (χ4v) is 2.64. The van der Waals surface area contributed by atoms with Crippen LogP contribution in [-0.2, 0) is 6.54 Å². The van der Waals surface area contributed by atoms with Gasteiger partial charge in [-0.05, 0) is 30.1 Å². The molecule has 6 heteroatoms. The fourth-order valence-electron chi connectivity index (χ4n) is 2.64. The van der Waals surface area contributed by atoms with E-state index in [9.17, 15) is 4.79 Å². The first-order chi connectivity index (χ1) is 12.6. The van der Waals surface area contributed by atoms with Gasteiger partial charge in [0, 0.05) is 17.2 Å². The van der Waals surface area contributed by atoms with Gasteiger partial charge in [0.2, 0.25) is 5.78 Å². The Morgan fingerprint density at radius 3 is 2.30 bits per heavy atom. The van der Waals surface area contributed by atoms with Crippen LogP contribution in [0.5, 0.6) is 11.5 Å². The maximum Gasteiger partial charge on any atom is 0.287 e. The summed E-state index contributed by atoms with van der Waals surface area (Å²) >= 11 is 0. The molecule has 0 aliphatic heterocycles. The van der Waals surface area contributed by atoms with E-state index in [0.29, 0.717) is 17.1 Å². The molecule has 5 nitrogen and oxygen atoms in total. The van der Waals surface area contributed by atoms with Crippen LogP contribution in [0.4, 0.5) is 0 Å². The number of hydrogen-bond acceptors (Lipinski definition) is 4. The van der Waals surface area contributed by atoms with E-state index >= 15 is 0 Å². The Labute approximate surface area is 169 Å². The Bertz CT molecular complexity index is 910. The average Bonchev–Trinajstić information content (AvgIpc) is 2.68. The third kappa shape index (κ3) is 4.92. The monoisotopic (exact) mass is 429 g/mol. The molecular formula is C21H22BrN2O3+. The van der Waals surface area contributed by atoms with Gasteiger partial charge >= 0.3 is 0 Å². The quantitative estimate of drug-likeness (QED) is 0.441. The molecule has 0 aliphatic carbocycles. The molecule has 0 radical (unpaired) electrons. The van der Waals surface area contributed by atoms with Crippen LogP contribution >= 0.6 is 17.0 Å². The molecule has 3 rings (SSSR count). The molecule has 0 amide bonds. The number of carbonyl (C=O) groups excluding carboxylic acids is 1. The van der Waals surface area contributed by atoms with Crippen LogP contribution in [-0.4, -0.2) is 25.0 Å². The smallest absolute Gasteiger partial charge is 0.287 e. The summed E-state index contributed by atoms with van der Waals surface area (Å²) in [5, 5.41) is 0. The van der Waals surface area contributed by atoms with E-state index < -0.39 is 0 Å². The molecule has 27 heavy (non-hydrogen) atoms. The van der Waals surface area contributed by atoms with Gasteiger partial charge in [-0.2, -0.15) is 0 Å². The number of ketones is 1. The number of benzene rings is 2. The topological polar surface area (TPSA) is 52.3 Å². The zero-order valence-electron chi connectivity index (χ0n) is 15.5. The van der Waals surface area contributed by atoms with Gasteiger partial charge in [0.15, 0.2) is 23.7 Å². The minimum Gasteiger partial charge on any atom is -0.493 e. The molecule has 0 fully saturated rings. The molecule has 0 unspecified atom stereocenters. The summed E-state index contributed by atoms with van der Waals surface area (Å²) < 4.78 is 12.2. The van der Waals surface area contributed by atoms with Crippen molar-refractivity contribution in [3.8, 4) is 22.8 Å². The molecule has 0 saturated heterocycles. The molecular weight excluding hydrogens is 408 g/mol. The summed E-state index contributed by atoms with van der Waals surface area (Å²) in [6.07, 6.45) is 3.54. The third-order valence-electron chi connectivity index (χ3n) is 4.15. The van der Waals surface area contributed by atoms with Gasteiger partial charge < -0.3 is 9.47 Å². The lowest BCUT2D eigenvalue weighted by Gasteiger charge is -2.08. The maximum absolute atomic E-state index is 12.5. The first kappa shape index (κ1) is 20.6. The molecule has 0 N–H and O–H groups in total. The Hall–Kier alpha value is -2.73. The molecule has 1 aromatic heterocycles. The summed E-state index contributed by atoms with van der Waals surface area (Å²) in [7, 11) is 3.12. The summed E-state index contributed by atoms with van der Waals surface area (Å²) in [6.45, 7) is 2.26. The van der Waals surface area contributed by atoms with Crippen molar-refractivity contribution in [1.29, 1.82) is 0 Å². The first-order valence-electron chi connectivity index (χ1n) is 8.28. The third-order valence-corrected chi connectivity index (χ3v) is 4.15. The lowest BCUT2D eigenvalue weighted by Crippen LogP contribution is -2.37. The number of rotatable bonds is 6. The van der Waals surface area contributed by atoms with Crippen molar-refractivity contribution in [2.24, 2.45) is 0 Å². The van der Waals surface area contributed by atoms with Crippen molar-refractivity contribution in [1.82, 2.24) is 4.98 Å². The fraction of sp³-hybridized carbons (Fsp3) is 0.190. The largest absolute Gasteiger partial charge is 0.493 e. The van der Waals surface area contributed by atoms with E-state index in [2.05, 4.69) is 24.0 Å². The van der Waals surface area contributed by atoms with Crippen molar-refractivity contribution in [2.45, 2.75) is 13.5 Å². The number of aromatic nitrogens is 2. The second-order valence-electron chi connectivity index (χ2n) is 5.98. The van der Waals surface area contributed by atoms with Crippen LogP contribution in [0.1, 0.15) is 15.9 Å². The Morgan fingerprint density at radius 2 is 1.70 bits per heavy atom. The number of aryl methyl sites for hydroxylation is 1. The van der Waals surface area contributed by atoms with Crippen molar-refractivity contribution < 1.29 is 18.8 Å². The second-order valence-corrected chi connectivity index (χ2v) is 5.98. The van der Waals surface area contributed by atoms with Gasteiger partial charge in [-0.15, -0.1) is 17.0 Å². The molecule has 0 saturated carbocycles. The predicted octanol–water partition coefficient (Wildman–Crippen LogP) is 3.82. The zero-order valence-corrected chi connectivity index (χ0v) is 17.2. The van der Waals surface area contributed by atoms with Gasteiger partial charge in [0.05, 0.1) is 20.4 Å². The molecule has 140 valence electrons. The van der Waals surface area contributed by atoms with Crippen molar-refractivity contribution in [3.63, 3.8) is 0 Å². The minimum absolute atomic E-state index is 0. The van der Waals surface area contributed by atoms with Crippen molar-refractivity contribution >= 4 is 22.8 Å². The lowest BCUT2D eigenvalue weighted by atomic mass is 10.1. The number of carbonyl (C=O) groups is 1. The average molecular weight is 430 g/mol. The molecule has 1 heterocycles. The standard InChI is InChI=1S/C21H21N2O3.BrH/c1-15-4-6-16(7-5-15)18-10-11-23(14-22-18)13-19(24)17-8-9-20(25-2)21(12-17)26-3;/h4-12,14H,13H2,1-3H3;1H/q+1;.